The summed E-state index contributed by atoms with van der Waals surface area (Å²) < 4.78 is 12.7. The molecule has 0 aliphatic carbocycles. The number of carboxylic acid groups (broad SMARTS) is 1. The van der Waals surface area contributed by atoms with Gasteiger partial charge < -0.3 is 10.0 Å². The molecule has 98 valence electrons. The van der Waals surface area contributed by atoms with Crippen molar-refractivity contribution in [1.29, 1.82) is 0 Å². The van der Waals surface area contributed by atoms with Crippen molar-refractivity contribution >= 4 is 11.9 Å². The molecule has 0 atom stereocenters. The van der Waals surface area contributed by atoms with E-state index in [1.54, 1.807) is 0 Å². The monoisotopic (exact) mass is 253 g/mol. The SMILES string of the molecule is CCCCN(CC(=O)c1ccc(F)cc1)C(=O)O. The Kier molecular flexibility index (Phi) is 5.30. The largest absolute Gasteiger partial charge is 0.465 e. The first kappa shape index (κ1) is 14.2. The average Bonchev–Trinajstić information content (AvgIpc) is 2.34. The van der Waals surface area contributed by atoms with Crippen LogP contribution < -0.4 is 0 Å². The summed E-state index contributed by atoms with van der Waals surface area (Å²) in [6, 6.07) is 5.09. The fourth-order valence-electron chi connectivity index (χ4n) is 1.49. The molecule has 5 heteroatoms. The van der Waals surface area contributed by atoms with Crippen molar-refractivity contribution < 1.29 is 19.1 Å². The highest BCUT2D eigenvalue weighted by molar-refractivity contribution is 5.98. The molecule has 0 heterocycles. The lowest BCUT2D eigenvalue weighted by atomic mass is 10.1. The Morgan fingerprint density at radius 1 is 1.28 bits per heavy atom. The van der Waals surface area contributed by atoms with Crippen molar-refractivity contribution in [2.45, 2.75) is 19.8 Å². The second kappa shape index (κ2) is 6.74. The van der Waals surface area contributed by atoms with Gasteiger partial charge in [0.05, 0.1) is 6.54 Å². The quantitative estimate of drug-likeness (QED) is 0.793. The van der Waals surface area contributed by atoms with Gasteiger partial charge in [0, 0.05) is 12.1 Å². The van der Waals surface area contributed by atoms with Crippen LogP contribution in [0.5, 0.6) is 0 Å². The number of amides is 1. The third-order valence-electron chi connectivity index (χ3n) is 2.55. The number of ketones is 1. The predicted octanol–water partition coefficient (Wildman–Crippen LogP) is 2.79. The molecule has 0 bridgehead atoms. The van der Waals surface area contributed by atoms with Gasteiger partial charge in [-0.15, -0.1) is 0 Å². The molecule has 0 unspecified atom stereocenters. The maximum atomic E-state index is 12.7. The maximum Gasteiger partial charge on any atom is 0.407 e. The van der Waals surface area contributed by atoms with Gasteiger partial charge in [0.25, 0.3) is 0 Å². The Labute approximate surface area is 105 Å². The first-order chi connectivity index (χ1) is 8.54. The molecule has 0 fully saturated rings. The van der Waals surface area contributed by atoms with Gasteiger partial charge in [-0.2, -0.15) is 0 Å². The zero-order valence-corrected chi connectivity index (χ0v) is 10.2. The van der Waals surface area contributed by atoms with E-state index in [4.69, 9.17) is 5.11 Å². The van der Waals surface area contributed by atoms with E-state index in [1.807, 2.05) is 6.92 Å². The topological polar surface area (TPSA) is 57.6 Å². The standard InChI is InChI=1S/C13H16FNO3/c1-2-3-8-15(13(17)18)9-12(16)10-4-6-11(14)7-5-10/h4-7H,2-3,8-9H2,1H3,(H,17,18). The Hall–Kier alpha value is -1.91. The fraction of sp³-hybridized carbons (Fsp3) is 0.385. The maximum absolute atomic E-state index is 12.7. The van der Waals surface area contributed by atoms with Crippen LogP contribution in [0.15, 0.2) is 24.3 Å². The van der Waals surface area contributed by atoms with Crippen LogP contribution in [-0.2, 0) is 0 Å². The van der Waals surface area contributed by atoms with Gasteiger partial charge in [0.2, 0.25) is 0 Å². The molecule has 1 aromatic carbocycles. The number of unbranched alkanes of at least 4 members (excludes halogenated alkanes) is 1. The van der Waals surface area contributed by atoms with Crippen LogP contribution in [0, 0.1) is 5.82 Å². The van der Waals surface area contributed by atoms with Gasteiger partial charge >= 0.3 is 6.09 Å². The molecular formula is C13H16FNO3. The van der Waals surface area contributed by atoms with Crippen LogP contribution in [0.1, 0.15) is 30.1 Å². The summed E-state index contributed by atoms with van der Waals surface area (Å²) in [6.45, 7) is 2.08. The molecule has 1 N–H and O–H groups in total. The first-order valence-electron chi connectivity index (χ1n) is 5.81. The van der Waals surface area contributed by atoms with Crippen molar-refractivity contribution in [2.75, 3.05) is 13.1 Å². The van der Waals surface area contributed by atoms with Gasteiger partial charge in [-0.25, -0.2) is 9.18 Å². The average molecular weight is 253 g/mol. The van der Waals surface area contributed by atoms with E-state index in [2.05, 4.69) is 0 Å². The van der Waals surface area contributed by atoms with Crippen molar-refractivity contribution in [3.63, 3.8) is 0 Å². The smallest absolute Gasteiger partial charge is 0.407 e. The second-order valence-corrected chi connectivity index (χ2v) is 3.99. The highest BCUT2D eigenvalue weighted by Gasteiger charge is 2.16. The van der Waals surface area contributed by atoms with Gasteiger partial charge in [-0.3, -0.25) is 4.79 Å². The molecule has 1 amide bonds. The number of rotatable bonds is 6. The molecular weight excluding hydrogens is 237 g/mol. The summed E-state index contributed by atoms with van der Waals surface area (Å²) in [5.41, 5.74) is 0.319. The number of hydrogen-bond acceptors (Lipinski definition) is 2. The number of carbonyl (C=O) groups is 2. The van der Waals surface area contributed by atoms with E-state index in [-0.39, 0.29) is 12.3 Å². The van der Waals surface area contributed by atoms with E-state index >= 15 is 0 Å². The number of hydrogen-bond donors (Lipinski definition) is 1. The number of nitrogens with zero attached hydrogens (tertiary/aromatic N) is 1. The van der Waals surface area contributed by atoms with E-state index in [9.17, 15) is 14.0 Å². The lowest BCUT2D eigenvalue weighted by Crippen LogP contribution is -2.35. The van der Waals surface area contributed by atoms with Crippen molar-refractivity contribution in [3.05, 3.63) is 35.6 Å². The predicted molar refractivity (Wildman–Crippen MR) is 65.2 cm³/mol. The van der Waals surface area contributed by atoms with Gasteiger partial charge in [0.1, 0.15) is 5.82 Å². The number of carbonyl (C=O) groups excluding carboxylic acids is 1. The van der Waals surface area contributed by atoms with Crippen molar-refractivity contribution in [3.8, 4) is 0 Å². The van der Waals surface area contributed by atoms with Gasteiger partial charge in [-0.1, -0.05) is 13.3 Å². The Bertz CT molecular complexity index is 417. The molecule has 1 rings (SSSR count). The normalized spacial score (nSPS) is 10.1. The molecule has 18 heavy (non-hydrogen) atoms. The van der Waals surface area contributed by atoms with Crippen LogP contribution >= 0.6 is 0 Å². The fourth-order valence-corrected chi connectivity index (χ4v) is 1.49. The minimum Gasteiger partial charge on any atom is -0.465 e. The van der Waals surface area contributed by atoms with E-state index in [0.717, 1.165) is 11.3 Å². The molecule has 0 aliphatic heterocycles. The van der Waals surface area contributed by atoms with Crippen molar-refractivity contribution in [2.24, 2.45) is 0 Å². The number of halogens is 1. The molecule has 0 saturated carbocycles. The summed E-state index contributed by atoms with van der Waals surface area (Å²) in [5.74, 6) is -0.749. The van der Waals surface area contributed by atoms with Gasteiger partial charge in [-0.05, 0) is 30.7 Å². The molecule has 0 radical (unpaired) electrons. The summed E-state index contributed by atoms with van der Waals surface area (Å²) in [4.78, 5) is 23.8. The third-order valence-corrected chi connectivity index (χ3v) is 2.55. The molecule has 4 nitrogen and oxygen atoms in total. The lowest BCUT2D eigenvalue weighted by molar-refractivity contribution is 0.0906. The molecule has 0 aliphatic rings. The first-order valence-corrected chi connectivity index (χ1v) is 5.81. The summed E-state index contributed by atoms with van der Waals surface area (Å²) in [7, 11) is 0. The zero-order chi connectivity index (χ0) is 13.5. The van der Waals surface area contributed by atoms with E-state index < -0.39 is 11.9 Å². The van der Waals surface area contributed by atoms with E-state index in [1.165, 1.54) is 24.3 Å². The molecule has 1 aromatic rings. The zero-order valence-electron chi connectivity index (χ0n) is 10.2. The minimum atomic E-state index is -1.11. The van der Waals surface area contributed by atoms with Crippen LogP contribution in [0.3, 0.4) is 0 Å². The Morgan fingerprint density at radius 3 is 2.39 bits per heavy atom. The van der Waals surface area contributed by atoms with Gasteiger partial charge in [0.15, 0.2) is 5.78 Å². The Balaban J connectivity index is 2.66. The second-order valence-electron chi connectivity index (χ2n) is 3.99. The van der Waals surface area contributed by atoms with Crippen LogP contribution in [0.2, 0.25) is 0 Å². The summed E-state index contributed by atoms with van der Waals surface area (Å²) >= 11 is 0. The summed E-state index contributed by atoms with van der Waals surface area (Å²) in [6.07, 6.45) is 0.455. The lowest BCUT2D eigenvalue weighted by Gasteiger charge is -2.17. The molecule has 0 saturated heterocycles. The van der Waals surface area contributed by atoms with Crippen LogP contribution in [0.25, 0.3) is 0 Å². The summed E-state index contributed by atoms with van der Waals surface area (Å²) in [5, 5.41) is 8.95. The van der Waals surface area contributed by atoms with Crippen LogP contribution in [0.4, 0.5) is 9.18 Å². The van der Waals surface area contributed by atoms with E-state index in [0.29, 0.717) is 18.5 Å². The van der Waals surface area contributed by atoms with Crippen LogP contribution in [-0.4, -0.2) is 35.0 Å². The number of Topliss-reactive ketones (excluding diaryl/α,β-unsaturated/α-hetero) is 1. The highest BCUT2D eigenvalue weighted by Crippen LogP contribution is 2.06. The highest BCUT2D eigenvalue weighted by atomic mass is 19.1. The Morgan fingerprint density at radius 2 is 1.89 bits per heavy atom. The molecule has 0 spiro atoms. The van der Waals surface area contributed by atoms with Crippen molar-refractivity contribution in [1.82, 2.24) is 4.90 Å². The number of benzene rings is 1. The third kappa shape index (κ3) is 4.16. The minimum absolute atomic E-state index is 0.193. The molecule has 0 aromatic heterocycles.